The zero-order valence-electron chi connectivity index (χ0n) is 15.0. The predicted molar refractivity (Wildman–Crippen MR) is 95.9 cm³/mol. The van der Waals surface area contributed by atoms with E-state index in [1.807, 2.05) is 0 Å². The van der Waals surface area contributed by atoms with E-state index < -0.39 is 11.6 Å². The standard InChI is InChI=1S/C18H25F2N3OS/c1-12(10-24-16-6-5-14(19)8-15(16)20)7-13(18(2,3)4)9-23-17(25)21-11-22-23/h5-6,8,11-13H,7,9-10H2,1-4H3,(H,21,22,25). The summed E-state index contributed by atoms with van der Waals surface area (Å²) in [6.07, 6.45) is 2.37. The largest absolute Gasteiger partial charge is 0.490 e. The zero-order chi connectivity index (χ0) is 18.6. The molecule has 25 heavy (non-hydrogen) atoms. The van der Waals surface area contributed by atoms with E-state index in [9.17, 15) is 8.78 Å². The molecule has 138 valence electrons. The van der Waals surface area contributed by atoms with Crippen molar-refractivity contribution in [2.24, 2.45) is 17.3 Å². The molecule has 0 aliphatic heterocycles. The fourth-order valence-electron chi connectivity index (χ4n) is 2.68. The number of hydrogen-bond acceptors (Lipinski definition) is 4. The van der Waals surface area contributed by atoms with Gasteiger partial charge >= 0.3 is 0 Å². The van der Waals surface area contributed by atoms with Crippen molar-refractivity contribution >= 4 is 12.6 Å². The molecule has 0 fully saturated rings. The molecule has 0 saturated carbocycles. The summed E-state index contributed by atoms with van der Waals surface area (Å²) in [5.74, 6) is -0.699. The minimum Gasteiger partial charge on any atom is -0.490 e. The molecule has 0 bridgehead atoms. The van der Waals surface area contributed by atoms with Crippen LogP contribution in [0, 0.1) is 28.9 Å². The van der Waals surface area contributed by atoms with Crippen molar-refractivity contribution in [2.45, 2.75) is 45.8 Å². The van der Waals surface area contributed by atoms with Gasteiger partial charge < -0.3 is 4.74 Å². The van der Waals surface area contributed by atoms with Crippen molar-refractivity contribution in [2.75, 3.05) is 6.61 Å². The van der Waals surface area contributed by atoms with Gasteiger partial charge in [-0.15, -0.1) is 12.6 Å². The molecule has 2 unspecified atom stereocenters. The minimum absolute atomic E-state index is 0.0571. The first-order valence-electron chi connectivity index (χ1n) is 8.31. The van der Waals surface area contributed by atoms with Crippen LogP contribution in [0.5, 0.6) is 5.75 Å². The summed E-state index contributed by atoms with van der Waals surface area (Å²) < 4.78 is 33.9. The highest BCUT2D eigenvalue weighted by molar-refractivity contribution is 7.80. The van der Waals surface area contributed by atoms with E-state index in [0.29, 0.717) is 24.2 Å². The lowest BCUT2D eigenvalue weighted by molar-refractivity contribution is 0.141. The van der Waals surface area contributed by atoms with Gasteiger partial charge in [0, 0.05) is 12.6 Å². The van der Waals surface area contributed by atoms with Gasteiger partial charge in [-0.1, -0.05) is 27.7 Å². The normalized spacial score (nSPS) is 14.4. The van der Waals surface area contributed by atoms with Gasteiger partial charge in [0.2, 0.25) is 0 Å². The van der Waals surface area contributed by atoms with Gasteiger partial charge in [-0.05, 0) is 35.8 Å². The van der Waals surface area contributed by atoms with Crippen molar-refractivity contribution in [3.8, 4) is 5.75 Å². The third-order valence-electron chi connectivity index (χ3n) is 4.32. The second-order valence-corrected chi connectivity index (χ2v) is 7.93. The van der Waals surface area contributed by atoms with E-state index in [1.165, 1.54) is 18.5 Å². The average molecular weight is 369 g/mol. The molecule has 0 spiro atoms. The molecule has 2 aromatic rings. The number of thiol groups is 1. The molecule has 0 aliphatic rings. The van der Waals surface area contributed by atoms with Crippen molar-refractivity contribution in [3.05, 3.63) is 36.2 Å². The summed E-state index contributed by atoms with van der Waals surface area (Å²) in [7, 11) is 0. The molecule has 1 heterocycles. The van der Waals surface area contributed by atoms with Crippen LogP contribution in [0.25, 0.3) is 0 Å². The van der Waals surface area contributed by atoms with E-state index in [-0.39, 0.29) is 17.1 Å². The predicted octanol–water partition coefficient (Wildman–Crippen LogP) is 4.61. The van der Waals surface area contributed by atoms with E-state index in [1.54, 1.807) is 4.68 Å². The molecule has 0 saturated heterocycles. The van der Waals surface area contributed by atoms with Gasteiger partial charge in [-0.3, -0.25) is 0 Å². The maximum Gasteiger partial charge on any atom is 0.182 e. The smallest absolute Gasteiger partial charge is 0.182 e. The van der Waals surface area contributed by atoms with Crippen LogP contribution >= 0.6 is 12.6 Å². The first kappa shape index (κ1) is 19.7. The van der Waals surface area contributed by atoms with Gasteiger partial charge in [0.05, 0.1) is 6.61 Å². The van der Waals surface area contributed by atoms with Crippen molar-refractivity contribution in [1.29, 1.82) is 0 Å². The first-order chi connectivity index (χ1) is 11.7. The molecule has 0 aliphatic carbocycles. The molecule has 2 rings (SSSR count). The molecule has 1 aromatic carbocycles. The summed E-state index contributed by atoms with van der Waals surface area (Å²) in [5, 5.41) is 4.79. The lowest BCUT2D eigenvalue weighted by atomic mass is 9.76. The summed E-state index contributed by atoms with van der Waals surface area (Å²) in [6.45, 7) is 9.67. The number of halogens is 2. The van der Waals surface area contributed by atoms with Gasteiger partial charge in [0.15, 0.2) is 16.7 Å². The highest BCUT2D eigenvalue weighted by atomic mass is 32.1. The maximum absolute atomic E-state index is 13.7. The zero-order valence-corrected chi connectivity index (χ0v) is 15.9. The van der Waals surface area contributed by atoms with Crippen LogP contribution in [0.2, 0.25) is 0 Å². The van der Waals surface area contributed by atoms with Crippen LogP contribution in [-0.2, 0) is 6.54 Å². The van der Waals surface area contributed by atoms with Gasteiger partial charge in [0.1, 0.15) is 12.1 Å². The second kappa shape index (κ2) is 8.17. The van der Waals surface area contributed by atoms with Crippen LogP contribution in [0.15, 0.2) is 29.7 Å². The van der Waals surface area contributed by atoms with Crippen molar-refractivity contribution in [3.63, 3.8) is 0 Å². The van der Waals surface area contributed by atoms with Crippen LogP contribution in [0.1, 0.15) is 34.1 Å². The Morgan fingerprint density at radius 1 is 1.28 bits per heavy atom. The molecule has 4 nitrogen and oxygen atoms in total. The average Bonchev–Trinajstić information content (AvgIpc) is 2.90. The number of ether oxygens (including phenoxy) is 1. The maximum atomic E-state index is 13.7. The second-order valence-electron chi connectivity index (χ2n) is 7.53. The number of nitrogens with zero attached hydrogens (tertiary/aromatic N) is 3. The fourth-order valence-corrected chi connectivity index (χ4v) is 2.86. The summed E-state index contributed by atoms with van der Waals surface area (Å²) in [4.78, 5) is 4.04. The lowest BCUT2D eigenvalue weighted by Gasteiger charge is -2.32. The van der Waals surface area contributed by atoms with Crippen molar-refractivity contribution < 1.29 is 13.5 Å². The van der Waals surface area contributed by atoms with E-state index in [0.717, 1.165) is 12.5 Å². The van der Waals surface area contributed by atoms with E-state index >= 15 is 0 Å². The number of benzene rings is 1. The molecule has 0 radical (unpaired) electrons. The molecular formula is C18H25F2N3OS. The van der Waals surface area contributed by atoms with Gasteiger partial charge in [0.25, 0.3) is 0 Å². The fraction of sp³-hybridized carbons (Fsp3) is 0.556. The number of rotatable bonds is 7. The number of hydrogen-bond donors (Lipinski definition) is 1. The molecule has 2 atom stereocenters. The monoisotopic (exact) mass is 369 g/mol. The van der Waals surface area contributed by atoms with Crippen LogP contribution < -0.4 is 4.74 Å². The third-order valence-corrected chi connectivity index (χ3v) is 4.66. The Kier molecular flexibility index (Phi) is 6.43. The Labute approximate surface area is 153 Å². The summed E-state index contributed by atoms with van der Waals surface area (Å²) in [6, 6.07) is 3.35. The van der Waals surface area contributed by atoms with Gasteiger partial charge in [-0.2, -0.15) is 5.10 Å². The summed E-state index contributed by atoms with van der Waals surface area (Å²) in [5.41, 5.74) is 0.0571. The Balaban J connectivity index is 1.97. The Bertz CT molecular complexity index is 700. The lowest BCUT2D eigenvalue weighted by Crippen LogP contribution is -2.29. The van der Waals surface area contributed by atoms with Crippen LogP contribution in [-0.4, -0.2) is 21.4 Å². The van der Waals surface area contributed by atoms with Gasteiger partial charge in [-0.25, -0.2) is 18.4 Å². The van der Waals surface area contributed by atoms with Crippen LogP contribution in [0.4, 0.5) is 8.78 Å². The molecular weight excluding hydrogens is 344 g/mol. The summed E-state index contributed by atoms with van der Waals surface area (Å²) >= 11 is 4.31. The highest BCUT2D eigenvalue weighted by Gasteiger charge is 2.28. The number of aromatic nitrogens is 3. The minimum atomic E-state index is -0.679. The highest BCUT2D eigenvalue weighted by Crippen LogP contribution is 2.33. The Morgan fingerprint density at radius 3 is 2.56 bits per heavy atom. The van der Waals surface area contributed by atoms with Crippen LogP contribution in [0.3, 0.4) is 0 Å². The third kappa shape index (κ3) is 5.70. The van der Waals surface area contributed by atoms with Crippen molar-refractivity contribution in [1.82, 2.24) is 14.8 Å². The quantitative estimate of drug-likeness (QED) is 0.725. The Hall–Kier alpha value is -1.63. The van der Waals surface area contributed by atoms with E-state index in [4.69, 9.17) is 4.74 Å². The molecule has 7 heteroatoms. The Morgan fingerprint density at radius 2 is 2.00 bits per heavy atom. The molecule has 0 amide bonds. The SMILES string of the molecule is CC(COc1ccc(F)cc1F)CC(Cn1ncnc1S)C(C)(C)C. The van der Waals surface area contributed by atoms with E-state index in [2.05, 4.69) is 50.4 Å². The molecule has 1 aromatic heterocycles. The topological polar surface area (TPSA) is 39.9 Å². The first-order valence-corrected chi connectivity index (χ1v) is 8.76. The molecule has 0 N–H and O–H groups in total.